The zero-order chi connectivity index (χ0) is 12.8. The van der Waals surface area contributed by atoms with Crippen molar-refractivity contribution in [3.8, 4) is 0 Å². The monoisotopic (exact) mass is 236 g/mol. The Morgan fingerprint density at radius 2 is 1.88 bits per heavy atom. The summed E-state index contributed by atoms with van der Waals surface area (Å²) in [7, 11) is 2.04. The van der Waals surface area contributed by atoms with Crippen LogP contribution in [-0.4, -0.2) is 24.8 Å². The van der Waals surface area contributed by atoms with Crippen molar-refractivity contribution in [2.45, 2.75) is 38.8 Å². The fourth-order valence-electron chi connectivity index (χ4n) is 1.72. The third kappa shape index (κ3) is 4.36. The molecule has 0 saturated heterocycles. The van der Waals surface area contributed by atoms with Gasteiger partial charge in [-0.1, -0.05) is 19.1 Å². The van der Waals surface area contributed by atoms with Crippen LogP contribution in [0.5, 0.6) is 0 Å². The first-order chi connectivity index (χ1) is 8.04. The topological polar surface area (TPSA) is 49.5 Å². The molecule has 1 aromatic rings. The maximum Gasteiger partial charge on any atom is 0.0528 e. The SMILES string of the molecule is CC[C@H](N)c1ccc(N(C)CCC(C)O)cc1. The summed E-state index contributed by atoms with van der Waals surface area (Å²) in [6.45, 7) is 4.77. The number of nitrogens with zero attached hydrogens (tertiary/aromatic N) is 1. The molecule has 3 nitrogen and oxygen atoms in total. The first-order valence-corrected chi connectivity index (χ1v) is 6.29. The van der Waals surface area contributed by atoms with Crippen molar-refractivity contribution >= 4 is 5.69 Å². The van der Waals surface area contributed by atoms with Crippen LogP contribution in [0.4, 0.5) is 5.69 Å². The molecule has 0 amide bonds. The Morgan fingerprint density at radius 1 is 1.29 bits per heavy atom. The van der Waals surface area contributed by atoms with Gasteiger partial charge < -0.3 is 15.7 Å². The van der Waals surface area contributed by atoms with E-state index in [1.807, 2.05) is 14.0 Å². The summed E-state index contributed by atoms with van der Waals surface area (Å²) >= 11 is 0. The van der Waals surface area contributed by atoms with Crippen molar-refractivity contribution in [2.75, 3.05) is 18.5 Å². The van der Waals surface area contributed by atoms with Gasteiger partial charge in [-0.05, 0) is 37.5 Å². The van der Waals surface area contributed by atoms with Crippen LogP contribution in [0.25, 0.3) is 0 Å². The van der Waals surface area contributed by atoms with Gasteiger partial charge in [0.15, 0.2) is 0 Å². The molecule has 0 spiro atoms. The Morgan fingerprint density at radius 3 is 2.35 bits per heavy atom. The molecular formula is C14H24N2O. The minimum absolute atomic E-state index is 0.131. The average Bonchev–Trinajstić information content (AvgIpc) is 2.35. The molecule has 96 valence electrons. The van der Waals surface area contributed by atoms with Gasteiger partial charge in [-0.25, -0.2) is 0 Å². The van der Waals surface area contributed by atoms with Crippen LogP contribution in [0.3, 0.4) is 0 Å². The zero-order valence-corrected chi connectivity index (χ0v) is 11.1. The van der Waals surface area contributed by atoms with Gasteiger partial charge in [0.2, 0.25) is 0 Å². The highest BCUT2D eigenvalue weighted by Crippen LogP contribution is 2.19. The van der Waals surface area contributed by atoms with Crippen LogP contribution in [0.1, 0.15) is 38.3 Å². The number of hydrogen-bond acceptors (Lipinski definition) is 3. The number of aliphatic hydroxyl groups excluding tert-OH is 1. The Balaban J connectivity index is 2.60. The molecule has 17 heavy (non-hydrogen) atoms. The third-order valence-electron chi connectivity index (χ3n) is 3.08. The number of nitrogens with two attached hydrogens (primary N) is 1. The molecule has 1 rings (SSSR count). The third-order valence-corrected chi connectivity index (χ3v) is 3.08. The van der Waals surface area contributed by atoms with E-state index in [4.69, 9.17) is 5.73 Å². The van der Waals surface area contributed by atoms with E-state index in [0.29, 0.717) is 0 Å². The average molecular weight is 236 g/mol. The van der Waals surface area contributed by atoms with Crippen LogP contribution in [0, 0.1) is 0 Å². The number of anilines is 1. The first kappa shape index (κ1) is 14.0. The first-order valence-electron chi connectivity index (χ1n) is 6.29. The summed E-state index contributed by atoms with van der Waals surface area (Å²) in [5.74, 6) is 0. The van der Waals surface area contributed by atoms with Crippen molar-refractivity contribution in [2.24, 2.45) is 5.73 Å². The second-order valence-corrected chi connectivity index (χ2v) is 4.67. The Hall–Kier alpha value is -1.06. The number of benzene rings is 1. The van der Waals surface area contributed by atoms with Gasteiger partial charge in [0, 0.05) is 25.3 Å². The molecule has 0 aliphatic carbocycles. The van der Waals surface area contributed by atoms with E-state index in [-0.39, 0.29) is 12.1 Å². The Bertz CT molecular complexity index is 321. The fraction of sp³-hybridized carbons (Fsp3) is 0.571. The number of rotatable bonds is 6. The molecule has 1 unspecified atom stereocenters. The predicted octanol–water partition coefficient (Wildman–Crippen LogP) is 2.30. The van der Waals surface area contributed by atoms with E-state index in [1.54, 1.807) is 0 Å². The lowest BCUT2D eigenvalue weighted by Gasteiger charge is -2.21. The molecule has 0 aliphatic heterocycles. The highest BCUT2D eigenvalue weighted by Gasteiger charge is 2.05. The fourth-order valence-corrected chi connectivity index (χ4v) is 1.72. The molecule has 0 fully saturated rings. The Kier molecular flexibility index (Phi) is 5.45. The summed E-state index contributed by atoms with van der Waals surface area (Å²) in [4.78, 5) is 2.15. The van der Waals surface area contributed by atoms with E-state index < -0.39 is 0 Å². The number of aliphatic hydroxyl groups is 1. The van der Waals surface area contributed by atoms with Gasteiger partial charge in [-0.2, -0.15) is 0 Å². The lowest BCUT2D eigenvalue weighted by Crippen LogP contribution is -2.21. The molecule has 0 aliphatic rings. The van der Waals surface area contributed by atoms with Crippen LogP contribution >= 0.6 is 0 Å². The van der Waals surface area contributed by atoms with Gasteiger partial charge in [0.1, 0.15) is 0 Å². The van der Waals surface area contributed by atoms with Crippen molar-refractivity contribution in [3.63, 3.8) is 0 Å². The summed E-state index contributed by atoms with van der Waals surface area (Å²) in [5.41, 5.74) is 8.32. The van der Waals surface area contributed by atoms with Gasteiger partial charge in [-0.15, -0.1) is 0 Å². The highest BCUT2D eigenvalue weighted by atomic mass is 16.3. The largest absolute Gasteiger partial charge is 0.393 e. The summed E-state index contributed by atoms with van der Waals surface area (Å²) < 4.78 is 0. The predicted molar refractivity (Wildman–Crippen MR) is 73.2 cm³/mol. The van der Waals surface area contributed by atoms with Crippen molar-refractivity contribution in [1.29, 1.82) is 0 Å². The molecule has 1 aromatic carbocycles. The van der Waals surface area contributed by atoms with Crippen LogP contribution in [0.15, 0.2) is 24.3 Å². The molecule has 0 radical (unpaired) electrons. The minimum Gasteiger partial charge on any atom is -0.393 e. The van der Waals surface area contributed by atoms with Crippen molar-refractivity contribution < 1.29 is 5.11 Å². The normalized spacial score (nSPS) is 14.4. The lowest BCUT2D eigenvalue weighted by atomic mass is 10.1. The van der Waals surface area contributed by atoms with Gasteiger partial charge in [0.25, 0.3) is 0 Å². The molecular weight excluding hydrogens is 212 g/mol. The van der Waals surface area contributed by atoms with Gasteiger partial charge >= 0.3 is 0 Å². The highest BCUT2D eigenvalue weighted by molar-refractivity contribution is 5.47. The number of hydrogen-bond donors (Lipinski definition) is 2. The van der Waals surface area contributed by atoms with E-state index in [9.17, 15) is 5.11 Å². The molecule has 0 bridgehead atoms. The maximum atomic E-state index is 9.25. The van der Waals surface area contributed by atoms with Crippen molar-refractivity contribution in [3.05, 3.63) is 29.8 Å². The maximum absolute atomic E-state index is 9.25. The van der Waals surface area contributed by atoms with Gasteiger partial charge in [0.05, 0.1) is 6.10 Å². The lowest BCUT2D eigenvalue weighted by molar-refractivity contribution is 0.187. The van der Waals surface area contributed by atoms with Crippen LogP contribution in [0.2, 0.25) is 0 Å². The summed E-state index contributed by atoms with van der Waals surface area (Å²) in [5, 5.41) is 9.25. The van der Waals surface area contributed by atoms with E-state index in [1.165, 1.54) is 5.56 Å². The van der Waals surface area contributed by atoms with Gasteiger partial charge in [-0.3, -0.25) is 0 Å². The van der Waals surface area contributed by atoms with E-state index >= 15 is 0 Å². The van der Waals surface area contributed by atoms with E-state index in [2.05, 4.69) is 36.1 Å². The Labute approximate surface area is 104 Å². The molecule has 0 saturated carbocycles. The summed E-state index contributed by atoms with van der Waals surface area (Å²) in [6.07, 6.45) is 1.49. The second kappa shape index (κ2) is 6.62. The molecule has 3 heteroatoms. The van der Waals surface area contributed by atoms with Crippen molar-refractivity contribution in [1.82, 2.24) is 0 Å². The summed E-state index contributed by atoms with van der Waals surface area (Å²) in [6, 6.07) is 8.48. The van der Waals surface area contributed by atoms with E-state index in [0.717, 1.165) is 25.1 Å². The molecule has 0 heterocycles. The van der Waals surface area contributed by atoms with Crippen LogP contribution in [-0.2, 0) is 0 Å². The standard InChI is InChI=1S/C14H24N2O/c1-4-14(15)12-5-7-13(8-6-12)16(3)10-9-11(2)17/h5-8,11,14,17H,4,9-10,15H2,1-3H3/t11?,14-/m0/s1. The molecule has 0 aromatic heterocycles. The van der Waals surface area contributed by atoms with Crippen LogP contribution < -0.4 is 10.6 Å². The minimum atomic E-state index is -0.245. The molecule has 3 N–H and O–H groups in total. The second-order valence-electron chi connectivity index (χ2n) is 4.67. The smallest absolute Gasteiger partial charge is 0.0528 e. The quantitative estimate of drug-likeness (QED) is 0.797. The zero-order valence-electron chi connectivity index (χ0n) is 11.1. The molecule has 2 atom stereocenters.